The van der Waals surface area contributed by atoms with E-state index in [-0.39, 0.29) is 5.60 Å². The number of rotatable bonds is 1. The van der Waals surface area contributed by atoms with Crippen molar-refractivity contribution in [2.45, 2.75) is 12.5 Å². The third kappa shape index (κ3) is 1.47. The molecular weight excluding hydrogens is 166 g/mol. The lowest BCUT2D eigenvalue weighted by atomic mass is 10.1. The van der Waals surface area contributed by atoms with Gasteiger partial charge in [0.1, 0.15) is 6.61 Å². The van der Waals surface area contributed by atoms with Gasteiger partial charge in [0, 0.05) is 6.54 Å². The van der Waals surface area contributed by atoms with Gasteiger partial charge in [-0.1, -0.05) is 12.1 Å². The Bertz CT molecular complexity index is 314. The van der Waals surface area contributed by atoms with Gasteiger partial charge in [-0.3, -0.25) is 0 Å². The quantitative estimate of drug-likeness (QED) is 0.704. The van der Waals surface area contributed by atoms with Gasteiger partial charge < -0.3 is 15.2 Å². The SMILES string of the molecule is C[C@@]1(CN)COc2ccccc2O1. The van der Waals surface area contributed by atoms with Crippen molar-refractivity contribution in [2.75, 3.05) is 13.2 Å². The second-order valence-corrected chi connectivity index (χ2v) is 3.49. The van der Waals surface area contributed by atoms with Crippen molar-refractivity contribution in [1.29, 1.82) is 0 Å². The van der Waals surface area contributed by atoms with E-state index < -0.39 is 0 Å². The van der Waals surface area contributed by atoms with E-state index in [1.54, 1.807) is 0 Å². The molecule has 13 heavy (non-hydrogen) atoms. The first-order valence-electron chi connectivity index (χ1n) is 4.34. The number of para-hydroxylation sites is 2. The lowest BCUT2D eigenvalue weighted by molar-refractivity contribution is 0.0134. The van der Waals surface area contributed by atoms with Crippen molar-refractivity contribution in [2.24, 2.45) is 5.73 Å². The summed E-state index contributed by atoms with van der Waals surface area (Å²) < 4.78 is 11.2. The molecule has 0 radical (unpaired) electrons. The predicted octanol–water partition coefficient (Wildman–Crippen LogP) is 1.18. The third-order valence-corrected chi connectivity index (χ3v) is 2.17. The van der Waals surface area contributed by atoms with Crippen LogP contribution in [0.2, 0.25) is 0 Å². The van der Waals surface area contributed by atoms with E-state index in [2.05, 4.69) is 0 Å². The average Bonchev–Trinajstić information content (AvgIpc) is 2.18. The molecule has 0 saturated heterocycles. The highest BCUT2D eigenvalue weighted by molar-refractivity contribution is 5.41. The molecule has 1 aromatic rings. The molecule has 1 atom stereocenters. The van der Waals surface area contributed by atoms with Crippen molar-refractivity contribution in [1.82, 2.24) is 0 Å². The molecule has 3 nitrogen and oxygen atoms in total. The number of fused-ring (bicyclic) bond motifs is 1. The summed E-state index contributed by atoms with van der Waals surface area (Å²) in [5, 5.41) is 0. The summed E-state index contributed by atoms with van der Waals surface area (Å²) in [7, 11) is 0. The van der Waals surface area contributed by atoms with Crippen molar-refractivity contribution >= 4 is 0 Å². The van der Waals surface area contributed by atoms with Gasteiger partial charge in [-0.15, -0.1) is 0 Å². The molecule has 1 aliphatic rings. The maximum absolute atomic E-state index is 5.72. The van der Waals surface area contributed by atoms with Gasteiger partial charge in [0.05, 0.1) is 0 Å². The Morgan fingerprint density at radius 2 is 2.08 bits per heavy atom. The van der Waals surface area contributed by atoms with Gasteiger partial charge in [0.15, 0.2) is 17.1 Å². The Morgan fingerprint density at radius 1 is 1.38 bits per heavy atom. The molecule has 3 heteroatoms. The highest BCUT2D eigenvalue weighted by atomic mass is 16.6. The molecule has 0 bridgehead atoms. The fraction of sp³-hybridized carbons (Fsp3) is 0.400. The number of hydrogen-bond acceptors (Lipinski definition) is 3. The number of ether oxygens (including phenoxy) is 2. The maximum atomic E-state index is 5.72. The van der Waals surface area contributed by atoms with Crippen molar-refractivity contribution in [3.63, 3.8) is 0 Å². The zero-order valence-corrected chi connectivity index (χ0v) is 7.62. The molecule has 0 spiro atoms. The topological polar surface area (TPSA) is 44.5 Å². The van der Waals surface area contributed by atoms with Gasteiger partial charge in [0.25, 0.3) is 0 Å². The molecule has 2 N–H and O–H groups in total. The van der Waals surface area contributed by atoms with Crippen LogP contribution < -0.4 is 15.2 Å². The Balaban J connectivity index is 2.29. The Kier molecular flexibility index (Phi) is 1.88. The lowest BCUT2D eigenvalue weighted by Gasteiger charge is -2.34. The largest absolute Gasteiger partial charge is 0.485 e. The number of hydrogen-bond donors (Lipinski definition) is 1. The zero-order chi connectivity index (χ0) is 9.31. The molecule has 2 rings (SSSR count). The molecule has 1 heterocycles. The summed E-state index contributed by atoms with van der Waals surface area (Å²) in [6.07, 6.45) is 0. The summed E-state index contributed by atoms with van der Waals surface area (Å²) >= 11 is 0. The van der Waals surface area contributed by atoms with E-state index in [0.29, 0.717) is 13.2 Å². The molecule has 0 fully saturated rings. The van der Waals surface area contributed by atoms with Crippen LogP contribution in [0.25, 0.3) is 0 Å². The second-order valence-electron chi connectivity index (χ2n) is 3.49. The van der Waals surface area contributed by atoms with E-state index in [0.717, 1.165) is 11.5 Å². The van der Waals surface area contributed by atoms with Crippen LogP contribution >= 0.6 is 0 Å². The van der Waals surface area contributed by atoms with Crippen LogP contribution in [0.15, 0.2) is 24.3 Å². The van der Waals surface area contributed by atoms with Crippen molar-refractivity contribution < 1.29 is 9.47 Å². The van der Waals surface area contributed by atoms with Gasteiger partial charge in [0.2, 0.25) is 0 Å². The van der Waals surface area contributed by atoms with Crippen LogP contribution in [0, 0.1) is 0 Å². The number of nitrogens with two attached hydrogens (primary N) is 1. The zero-order valence-electron chi connectivity index (χ0n) is 7.62. The first-order chi connectivity index (χ1) is 6.23. The summed E-state index contributed by atoms with van der Waals surface area (Å²) in [5.41, 5.74) is 5.21. The highest BCUT2D eigenvalue weighted by Crippen LogP contribution is 2.34. The lowest BCUT2D eigenvalue weighted by Crippen LogP contribution is -2.48. The molecule has 1 aromatic carbocycles. The van der Waals surface area contributed by atoms with E-state index >= 15 is 0 Å². The van der Waals surface area contributed by atoms with Gasteiger partial charge in [-0.2, -0.15) is 0 Å². The Labute approximate surface area is 77.5 Å². The van der Waals surface area contributed by atoms with Crippen molar-refractivity contribution in [3.8, 4) is 11.5 Å². The molecule has 0 aliphatic carbocycles. The minimum atomic E-state index is -0.381. The fourth-order valence-electron chi connectivity index (χ4n) is 1.28. The van der Waals surface area contributed by atoms with Crippen LogP contribution in [0.4, 0.5) is 0 Å². The molecule has 70 valence electrons. The van der Waals surface area contributed by atoms with Crippen LogP contribution in [0.1, 0.15) is 6.92 Å². The Morgan fingerprint density at radius 3 is 2.77 bits per heavy atom. The van der Waals surface area contributed by atoms with Crippen molar-refractivity contribution in [3.05, 3.63) is 24.3 Å². The molecule has 0 unspecified atom stereocenters. The minimum Gasteiger partial charge on any atom is -0.485 e. The maximum Gasteiger partial charge on any atom is 0.162 e. The summed E-state index contributed by atoms with van der Waals surface area (Å²) in [6, 6.07) is 7.63. The van der Waals surface area contributed by atoms with Gasteiger partial charge >= 0.3 is 0 Å². The average molecular weight is 179 g/mol. The summed E-state index contributed by atoms with van der Waals surface area (Å²) in [5.74, 6) is 1.58. The monoisotopic (exact) mass is 179 g/mol. The first-order valence-corrected chi connectivity index (χ1v) is 4.34. The molecule has 0 saturated carbocycles. The highest BCUT2D eigenvalue weighted by Gasteiger charge is 2.31. The second kappa shape index (κ2) is 2.92. The fourth-order valence-corrected chi connectivity index (χ4v) is 1.28. The smallest absolute Gasteiger partial charge is 0.162 e. The van der Waals surface area contributed by atoms with Crippen LogP contribution in [-0.2, 0) is 0 Å². The molecule has 0 aromatic heterocycles. The van der Waals surface area contributed by atoms with E-state index in [1.165, 1.54) is 0 Å². The molecule has 0 amide bonds. The van der Waals surface area contributed by atoms with Crippen LogP contribution in [0.5, 0.6) is 11.5 Å². The van der Waals surface area contributed by atoms with E-state index in [1.807, 2.05) is 31.2 Å². The third-order valence-electron chi connectivity index (χ3n) is 2.17. The first kappa shape index (κ1) is 8.38. The van der Waals surface area contributed by atoms with E-state index in [9.17, 15) is 0 Å². The van der Waals surface area contributed by atoms with E-state index in [4.69, 9.17) is 15.2 Å². The molecule has 1 aliphatic heterocycles. The van der Waals surface area contributed by atoms with Gasteiger partial charge in [-0.05, 0) is 19.1 Å². The van der Waals surface area contributed by atoms with Crippen LogP contribution in [-0.4, -0.2) is 18.8 Å². The van der Waals surface area contributed by atoms with Gasteiger partial charge in [-0.25, -0.2) is 0 Å². The van der Waals surface area contributed by atoms with Crippen LogP contribution in [0.3, 0.4) is 0 Å². The predicted molar refractivity (Wildman–Crippen MR) is 50.0 cm³/mol. The normalized spacial score (nSPS) is 25.7. The standard InChI is InChI=1S/C10H13NO2/c1-10(6-11)7-12-8-4-2-3-5-9(8)13-10/h2-5H,6-7,11H2,1H3/t10-/m1/s1. The Hall–Kier alpha value is -1.22. The summed E-state index contributed by atoms with van der Waals surface area (Å²) in [4.78, 5) is 0. The minimum absolute atomic E-state index is 0.381. The molecular formula is C10H13NO2. The number of benzene rings is 1. The summed E-state index contributed by atoms with van der Waals surface area (Å²) in [6.45, 7) is 2.92.